The van der Waals surface area contributed by atoms with Gasteiger partial charge in [-0.05, 0) is 18.2 Å². The summed E-state index contributed by atoms with van der Waals surface area (Å²) in [4.78, 5) is 17.6. The Morgan fingerprint density at radius 1 is 1.31 bits per heavy atom. The molecule has 0 saturated heterocycles. The van der Waals surface area contributed by atoms with Crippen LogP contribution in [0.1, 0.15) is 5.69 Å². The molecule has 0 amide bonds. The lowest BCUT2D eigenvalue weighted by molar-refractivity contribution is 0.277. The lowest BCUT2D eigenvalue weighted by atomic mass is 10.2. The van der Waals surface area contributed by atoms with Crippen LogP contribution in [0.4, 0.5) is 0 Å². The van der Waals surface area contributed by atoms with Gasteiger partial charge >= 0.3 is 0 Å². The smallest absolute Gasteiger partial charge is 0.249 e. The van der Waals surface area contributed by atoms with Crippen molar-refractivity contribution in [1.29, 1.82) is 0 Å². The molecule has 0 aliphatic heterocycles. The summed E-state index contributed by atoms with van der Waals surface area (Å²) in [6.45, 7) is -0.118. The van der Waals surface area contributed by atoms with Crippen LogP contribution >= 0.6 is 0 Å². The minimum Gasteiger partial charge on any atom is -0.390 e. The monoisotopic (exact) mass is 176 g/mol. The van der Waals surface area contributed by atoms with Gasteiger partial charge in [0.05, 0.1) is 12.3 Å². The zero-order valence-corrected chi connectivity index (χ0v) is 6.82. The highest BCUT2D eigenvalue weighted by atomic mass is 16.3. The molecule has 0 spiro atoms. The molecule has 0 radical (unpaired) electrons. The zero-order valence-electron chi connectivity index (χ0n) is 6.82. The Hall–Kier alpha value is -1.68. The van der Waals surface area contributed by atoms with Crippen molar-refractivity contribution < 1.29 is 5.11 Å². The number of aliphatic hydroxyl groups is 1. The highest BCUT2D eigenvalue weighted by molar-refractivity contribution is 5.74. The summed E-state index contributed by atoms with van der Waals surface area (Å²) in [6, 6.07) is 6.68. The van der Waals surface area contributed by atoms with Crippen LogP contribution in [0, 0.1) is 0 Å². The fourth-order valence-corrected chi connectivity index (χ4v) is 1.16. The fraction of sp³-hybridized carbons (Fsp3) is 0.111. The van der Waals surface area contributed by atoms with Crippen molar-refractivity contribution in [2.24, 2.45) is 0 Å². The number of aromatic amines is 1. The number of nitrogens with one attached hydrogen (secondary N) is 1. The fourth-order valence-electron chi connectivity index (χ4n) is 1.16. The third kappa shape index (κ3) is 1.43. The Labute approximate surface area is 73.9 Å². The molecule has 0 aromatic carbocycles. The standard InChI is InChI=1S/C9H8N2O2/c12-5-7-3-1-6-2-4-8(13)11-9(6)10-7/h1-4,12H,5H2,(H,10,11,13). The van der Waals surface area contributed by atoms with Crippen molar-refractivity contribution in [2.75, 3.05) is 0 Å². The van der Waals surface area contributed by atoms with Gasteiger partial charge in [0.15, 0.2) is 0 Å². The molecule has 2 heterocycles. The molecular weight excluding hydrogens is 168 g/mol. The number of nitrogens with zero attached hydrogens (tertiary/aromatic N) is 1. The van der Waals surface area contributed by atoms with E-state index >= 15 is 0 Å². The third-order valence-electron chi connectivity index (χ3n) is 1.80. The Morgan fingerprint density at radius 3 is 2.85 bits per heavy atom. The van der Waals surface area contributed by atoms with E-state index in [1.54, 1.807) is 12.1 Å². The Balaban J connectivity index is 2.75. The molecule has 13 heavy (non-hydrogen) atoms. The second-order valence-corrected chi connectivity index (χ2v) is 2.72. The van der Waals surface area contributed by atoms with E-state index in [0.29, 0.717) is 11.3 Å². The lowest BCUT2D eigenvalue weighted by Crippen LogP contribution is -2.04. The van der Waals surface area contributed by atoms with E-state index in [1.165, 1.54) is 6.07 Å². The van der Waals surface area contributed by atoms with Crippen LogP contribution in [0.25, 0.3) is 11.0 Å². The van der Waals surface area contributed by atoms with E-state index in [-0.39, 0.29) is 12.2 Å². The number of fused-ring (bicyclic) bond motifs is 1. The first kappa shape index (κ1) is 7.94. The summed E-state index contributed by atoms with van der Waals surface area (Å²) in [5.74, 6) is 0. The summed E-state index contributed by atoms with van der Waals surface area (Å²) in [6.07, 6.45) is 0. The third-order valence-corrected chi connectivity index (χ3v) is 1.80. The van der Waals surface area contributed by atoms with Gasteiger partial charge in [-0.2, -0.15) is 0 Å². The first-order chi connectivity index (χ1) is 6.29. The van der Waals surface area contributed by atoms with E-state index in [1.807, 2.05) is 6.07 Å². The molecule has 0 aliphatic carbocycles. The van der Waals surface area contributed by atoms with Gasteiger partial charge in [0, 0.05) is 11.5 Å². The lowest BCUT2D eigenvalue weighted by Gasteiger charge is -1.98. The average Bonchev–Trinajstić information content (AvgIpc) is 2.16. The number of rotatable bonds is 1. The van der Waals surface area contributed by atoms with Crippen molar-refractivity contribution in [3.8, 4) is 0 Å². The number of hydrogen-bond donors (Lipinski definition) is 2. The van der Waals surface area contributed by atoms with Crippen molar-refractivity contribution in [1.82, 2.24) is 9.97 Å². The van der Waals surface area contributed by atoms with Crippen molar-refractivity contribution in [3.63, 3.8) is 0 Å². The minimum absolute atomic E-state index is 0.118. The quantitative estimate of drug-likeness (QED) is 0.661. The zero-order chi connectivity index (χ0) is 9.26. The normalized spacial score (nSPS) is 10.5. The topological polar surface area (TPSA) is 66.0 Å². The van der Waals surface area contributed by atoms with Gasteiger partial charge in [-0.3, -0.25) is 4.79 Å². The van der Waals surface area contributed by atoms with Crippen LogP contribution in [0.3, 0.4) is 0 Å². The number of pyridine rings is 2. The Kier molecular flexibility index (Phi) is 1.83. The Bertz CT molecular complexity index is 490. The maximum absolute atomic E-state index is 10.9. The summed E-state index contributed by atoms with van der Waals surface area (Å²) >= 11 is 0. The summed E-state index contributed by atoms with van der Waals surface area (Å²) < 4.78 is 0. The number of aliphatic hydroxyl groups excluding tert-OH is 1. The van der Waals surface area contributed by atoms with Gasteiger partial charge in [0.2, 0.25) is 5.56 Å². The van der Waals surface area contributed by atoms with Gasteiger partial charge in [-0.1, -0.05) is 0 Å². The molecule has 2 rings (SSSR count). The molecule has 0 atom stereocenters. The molecule has 0 aliphatic rings. The van der Waals surface area contributed by atoms with Gasteiger partial charge in [0.25, 0.3) is 0 Å². The van der Waals surface area contributed by atoms with Gasteiger partial charge < -0.3 is 10.1 Å². The molecule has 0 fully saturated rings. The van der Waals surface area contributed by atoms with Crippen molar-refractivity contribution in [3.05, 3.63) is 40.3 Å². The first-order valence-electron chi connectivity index (χ1n) is 3.89. The molecule has 0 unspecified atom stereocenters. The van der Waals surface area contributed by atoms with E-state index in [0.717, 1.165) is 5.39 Å². The SMILES string of the molecule is O=c1ccc2ccc(CO)nc2[nH]1. The number of hydrogen-bond acceptors (Lipinski definition) is 3. The second-order valence-electron chi connectivity index (χ2n) is 2.72. The number of H-pyrrole nitrogens is 1. The van der Waals surface area contributed by atoms with E-state index in [9.17, 15) is 4.79 Å². The van der Waals surface area contributed by atoms with Crippen LogP contribution in [-0.2, 0) is 6.61 Å². The maximum Gasteiger partial charge on any atom is 0.249 e. The summed E-state index contributed by atoms with van der Waals surface area (Å²) in [7, 11) is 0. The van der Waals surface area contributed by atoms with Crippen molar-refractivity contribution in [2.45, 2.75) is 6.61 Å². The highest BCUT2D eigenvalue weighted by Crippen LogP contribution is 2.07. The van der Waals surface area contributed by atoms with Crippen LogP contribution < -0.4 is 5.56 Å². The molecule has 2 aromatic rings. The summed E-state index contributed by atoms with van der Waals surface area (Å²) in [5.41, 5.74) is 0.878. The molecule has 66 valence electrons. The van der Waals surface area contributed by atoms with Crippen LogP contribution in [0.2, 0.25) is 0 Å². The van der Waals surface area contributed by atoms with Gasteiger partial charge in [-0.15, -0.1) is 0 Å². The molecule has 0 saturated carbocycles. The highest BCUT2D eigenvalue weighted by Gasteiger charge is 1.97. The van der Waals surface area contributed by atoms with Gasteiger partial charge in [0.1, 0.15) is 5.65 Å². The largest absolute Gasteiger partial charge is 0.390 e. The van der Waals surface area contributed by atoms with E-state index in [2.05, 4.69) is 9.97 Å². The molecule has 0 bridgehead atoms. The maximum atomic E-state index is 10.9. The first-order valence-corrected chi connectivity index (χ1v) is 3.89. The summed E-state index contributed by atoms with van der Waals surface area (Å²) in [5, 5.41) is 9.67. The molecule has 4 heteroatoms. The Morgan fingerprint density at radius 2 is 2.08 bits per heavy atom. The average molecular weight is 176 g/mol. The second kappa shape index (κ2) is 2.99. The number of aromatic nitrogens is 2. The van der Waals surface area contributed by atoms with Crippen LogP contribution in [0.15, 0.2) is 29.1 Å². The predicted molar refractivity (Wildman–Crippen MR) is 48.3 cm³/mol. The van der Waals surface area contributed by atoms with Gasteiger partial charge in [-0.25, -0.2) is 4.98 Å². The predicted octanol–water partition coefficient (Wildman–Crippen LogP) is 0.415. The molecule has 2 aromatic heterocycles. The minimum atomic E-state index is -0.185. The van der Waals surface area contributed by atoms with Crippen LogP contribution in [0.5, 0.6) is 0 Å². The van der Waals surface area contributed by atoms with Crippen molar-refractivity contribution >= 4 is 11.0 Å². The molecule has 2 N–H and O–H groups in total. The van der Waals surface area contributed by atoms with E-state index in [4.69, 9.17) is 5.11 Å². The molecule has 4 nitrogen and oxygen atoms in total. The van der Waals surface area contributed by atoms with E-state index < -0.39 is 0 Å². The van der Waals surface area contributed by atoms with Crippen LogP contribution in [-0.4, -0.2) is 15.1 Å². The molecular formula is C9H8N2O2.